The fourth-order valence-electron chi connectivity index (χ4n) is 2.97. The van der Waals surface area contributed by atoms with Crippen LogP contribution in [0.3, 0.4) is 0 Å². The largest absolute Gasteiger partial charge is 0.502 e. The Morgan fingerprint density at radius 3 is 2.75 bits per heavy atom. The molecule has 1 aliphatic heterocycles. The first kappa shape index (κ1) is 19.6. The van der Waals surface area contributed by atoms with E-state index < -0.39 is 29.7 Å². The molecule has 0 aliphatic carbocycles. The van der Waals surface area contributed by atoms with Crippen LogP contribution >= 0.6 is 0 Å². The topological polar surface area (TPSA) is 125 Å². The predicted octanol–water partition coefficient (Wildman–Crippen LogP) is 1.66. The van der Waals surface area contributed by atoms with E-state index in [-0.39, 0.29) is 31.3 Å². The van der Waals surface area contributed by atoms with E-state index in [1.165, 1.54) is 7.11 Å². The second-order valence-electron chi connectivity index (χ2n) is 5.97. The van der Waals surface area contributed by atoms with Crippen molar-refractivity contribution in [2.24, 2.45) is 0 Å². The van der Waals surface area contributed by atoms with Gasteiger partial charge in [0.25, 0.3) is 0 Å². The van der Waals surface area contributed by atoms with Gasteiger partial charge in [-0.2, -0.15) is 0 Å². The zero-order valence-corrected chi connectivity index (χ0v) is 15.4. The number of esters is 1. The average molecular weight is 392 g/mol. The lowest BCUT2D eigenvalue weighted by Gasteiger charge is -2.19. The van der Waals surface area contributed by atoms with E-state index in [0.29, 0.717) is 22.8 Å². The minimum atomic E-state index is -0.887. The molecule has 2 heterocycles. The number of hydrogen-bond acceptors (Lipinski definition) is 9. The molecule has 0 saturated carbocycles. The molecule has 0 radical (unpaired) electrons. The summed E-state index contributed by atoms with van der Waals surface area (Å²) in [6.07, 6.45) is -0.220. The molecule has 28 heavy (non-hydrogen) atoms. The fourth-order valence-corrected chi connectivity index (χ4v) is 2.97. The Morgan fingerprint density at radius 1 is 1.29 bits per heavy atom. The van der Waals surface area contributed by atoms with Crippen molar-refractivity contribution >= 4 is 5.97 Å². The van der Waals surface area contributed by atoms with E-state index >= 15 is 0 Å². The number of carbonyl (C=O) groups is 1. The molecule has 3 rings (SSSR count). The van der Waals surface area contributed by atoms with Crippen molar-refractivity contribution in [2.75, 3.05) is 20.5 Å². The molecule has 1 aromatic heterocycles. The third-order valence-corrected chi connectivity index (χ3v) is 4.23. The molecule has 1 atom stereocenters. The van der Waals surface area contributed by atoms with Gasteiger partial charge in [0.2, 0.25) is 23.7 Å². The number of aromatic hydroxyl groups is 1. The summed E-state index contributed by atoms with van der Waals surface area (Å²) in [5, 5.41) is 19.6. The fraction of sp³-hybridized carbons (Fsp3) is 0.368. The van der Waals surface area contributed by atoms with Gasteiger partial charge in [-0.05, 0) is 24.6 Å². The maximum atomic E-state index is 12.2. The lowest BCUT2D eigenvalue weighted by Crippen LogP contribution is -2.15. The SMILES string of the molecule is CCOC(=O)C[C@@H](c1cc(OC)c2c(c1)OCO2)c1oc(CO)cc(=O)c1O. The standard InChI is InChI=1S/C19H20O9/c1-3-25-16(22)7-12(18-17(23)13(21)6-11(8-20)28-18)10-4-14(24-2)19-15(5-10)26-9-27-19/h4-6,12,20,23H,3,7-9H2,1-2H3/t12-/m0/s1. The van der Waals surface area contributed by atoms with Gasteiger partial charge in [-0.25, -0.2) is 0 Å². The van der Waals surface area contributed by atoms with E-state index in [2.05, 4.69) is 0 Å². The molecule has 0 fully saturated rings. The van der Waals surface area contributed by atoms with Crippen LogP contribution in [-0.2, 0) is 16.1 Å². The van der Waals surface area contributed by atoms with Crippen LogP contribution in [0.2, 0.25) is 0 Å². The molecule has 9 heteroatoms. The van der Waals surface area contributed by atoms with Crippen LogP contribution in [0.5, 0.6) is 23.0 Å². The summed E-state index contributed by atoms with van der Waals surface area (Å²) in [6.45, 7) is 1.31. The minimum Gasteiger partial charge on any atom is -0.502 e. The monoisotopic (exact) mass is 392 g/mol. The van der Waals surface area contributed by atoms with Crippen molar-refractivity contribution in [2.45, 2.75) is 25.9 Å². The molecule has 0 saturated heterocycles. The molecule has 0 amide bonds. The zero-order valence-electron chi connectivity index (χ0n) is 15.4. The van der Waals surface area contributed by atoms with Crippen LogP contribution in [0.15, 0.2) is 27.4 Å². The van der Waals surface area contributed by atoms with Crippen molar-refractivity contribution in [3.63, 3.8) is 0 Å². The Hall–Kier alpha value is -3.20. The van der Waals surface area contributed by atoms with E-state index in [1.807, 2.05) is 0 Å². The van der Waals surface area contributed by atoms with Gasteiger partial charge in [-0.1, -0.05) is 0 Å². The number of carbonyl (C=O) groups excluding carboxylic acids is 1. The molecular formula is C19H20O9. The number of rotatable bonds is 7. The summed E-state index contributed by atoms with van der Waals surface area (Å²) in [6, 6.07) is 4.20. The summed E-state index contributed by atoms with van der Waals surface area (Å²) in [5.41, 5.74) is -0.255. The summed E-state index contributed by atoms with van der Waals surface area (Å²) in [7, 11) is 1.45. The molecule has 2 N–H and O–H groups in total. The van der Waals surface area contributed by atoms with Crippen molar-refractivity contribution in [1.29, 1.82) is 0 Å². The van der Waals surface area contributed by atoms with Crippen LogP contribution in [0.1, 0.15) is 36.3 Å². The van der Waals surface area contributed by atoms with Gasteiger partial charge in [0.15, 0.2) is 17.3 Å². The first-order valence-corrected chi connectivity index (χ1v) is 8.58. The number of methoxy groups -OCH3 is 1. The van der Waals surface area contributed by atoms with Crippen molar-refractivity contribution in [3.8, 4) is 23.0 Å². The Labute approximate surface area is 160 Å². The van der Waals surface area contributed by atoms with Crippen molar-refractivity contribution in [3.05, 3.63) is 45.5 Å². The maximum Gasteiger partial charge on any atom is 0.306 e. The van der Waals surface area contributed by atoms with E-state index in [9.17, 15) is 19.8 Å². The maximum absolute atomic E-state index is 12.2. The lowest BCUT2D eigenvalue weighted by atomic mass is 9.91. The van der Waals surface area contributed by atoms with Gasteiger partial charge in [0.05, 0.1) is 26.1 Å². The van der Waals surface area contributed by atoms with Gasteiger partial charge < -0.3 is 33.6 Å². The molecule has 1 aromatic carbocycles. The molecule has 2 aromatic rings. The van der Waals surface area contributed by atoms with Gasteiger partial charge >= 0.3 is 5.97 Å². The van der Waals surface area contributed by atoms with Gasteiger partial charge in [-0.3, -0.25) is 9.59 Å². The smallest absolute Gasteiger partial charge is 0.306 e. The highest BCUT2D eigenvalue weighted by Crippen LogP contribution is 2.45. The highest BCUT2D eigenvalue weighted by Gasteiger charge is 2.30. The average Bonchev–Trinajstić information content (AvgIpc) is 3.16. The highest BCUT2D eigenvalue weighted by atomic mass is 16.7. The Morgan fingerprint density at radius 2 is 2.07 bits per heavy atom. The normalized spacial score (nSPS) is 13.2. The van der Waals surface area contributed by atoms with E-state index in [0.717, 1.165) is 6.07 Å². The second-order valence-corrected chi connectivity index (χ2v) is 5.97. The highest BCUT2D eigenvalue weighted by molar-refractivity contribution is 5.72. The molecule has 0 bridgehead atoms. The van der Waals surface area contributed by atoms with E-state index in [4.69, 9.17) is 23.4 Å². The van der Waals surface area contributed by atoms with Crippen molar-refractivity contribution in [1.82, 2.24) is 0 Å². The quantitative estimate of drug-likeness (QED) is 0.677. The Kier molecular flexibility index (Phi) is 5.74. The molecule has 150 valence electrons. The number of aliphatic hydroxyl groups is 1. The van der Waals surface area contributed by atoms with Crippen LogP contribution in [0.25, 0.3) is 0 Å². The van der Waals surface area contributed by atoms with Crippen LogP contribution < -0.4 is 19.6 Å². The van der Waals surface area contributed by atoms with Gasteiger partial charge in [-0.15, -0.1) is 0 Å². The summed E-state index contributed by atoms with van der Waals surface area (Å²) < 4.78 is 26.6. The van der Waals surface area contributed by atoms with E-state index in [1.54, 1.807) is 19.1 Å². The third-order valence-electron chi connectivity index (χ3n) is 4.23. The summed E-state index contributed by atoms with van der Waals surface area (Å²) >= 11 is 0. The van der Waals surface area contributed by atoms with Gasteiger partial charge in [0.1, 0.15) is 12.4 Å². The number of benzene rings is 1. The molecular weight excluding hydrogens is 372 g/mol. The number of hydrogen-bond donors (Lipinski definition) is 2. The first-order chi connectivity index (χ1) is 13.5. The summed E-state index contributed by atoms with van der Waals surface area (Å²) in [4.78, 5) is 24.2. The van der Waals surface area contributed by atoms with Gasteiger partial charge in [0, 0.05) is 6.07 Å². The zero-order chi connectivity index (χ0) is 20.3. The first-order valence-electron chi connectivity index (χ1n) is 8.58. The summed E-state index contributed by atoms with van der Waals surface area (Å²) in [5.74, 6) is -1.13. The second kappa shape index (κ2) is 8.22. The predicted molar refractivity (Wildman–Crippen MR) is 94.8 cm³/mol. The molecule has 9 nitrogen and oxygen atoms in total. The number of fused-ring (bicyclic) bond motifs is 1. The van der Waals surface area contributed by atoms with Crippen LogP contribution in [-0.4, -0.2) is 36.7 Å². The third kappa shape index (κ3) is 3.74. The van der Waals surface area contributed by atoms with Crippen molar-refractivity contribution < 1.29 is 38.4 Å². The Bertz CT molecular complexity index is 932. The number of aliphatic hydroxyl groups excluding tert-OH is 1. The molecule has 1 aliphatic rings. The molecule has 0 unspecified atom stereocenters. The minimum absolute atomic E-state index is 0.0119. The lowest BCUT2D eigenvalue weighted by molar-refractivity contribution is -0.143. The number of ether oxygens (including phenoxy) is 4. The Balaban J connectivity index is 2.15. The van der Waals surface area contributed by atoms with Crippen LogP contribution in [0.4, 0.5) is 0 Å². The molecule has 0 spiro atoms. The van der Waals surface area contributed by atoms with Crippen LogP contribution in [0, 0.1) is 0 Å².